The molecule has 1 fully saturated rings. The van der Waals surface area contributed by atoms with Gasteiger partial charge in [0.1, 0.15) is 0 Å². The zero-order valence-electron chi connectivity index (χ0n) is 12.9. The number of methoxy groups -OCH3 is 1. The van der Waals surface area contributed by atoms with Gasteiger partial charge in [-0.2, -0.15) is 0 Å². The fraction of sp³-hybridized carbons (Fsp3) is 0.267. The molecule has 0 unspecified atom stereocenters. The van der Waals surface area contributed by atoms with Gasteiger partial charge in [0, 0.05) is 0 Å². The lowest BCUT2D eigenvalue weighted by Gasteiger charge is -2.14. The number of ether oxygens (including phenoxy) is 3. The van der Waals surface area contributed by atoms with E-state index in [0.717, 1.165) is 11.8 Å². The van der Waals surface area contributed by atoms with Crippen LogP contribution in [0, 0.1) is 0 Å². The van der Waals surface area contributed by atoms with Gasteiger partial charge in [0.2, 0.25) is 0 Å². The molecule has 1 saturated heterocycles. The molecule has 2 rings (SSSR count). The standard InChI is InChI=1S/C15H14BrNO6S/c1-3-22-10-5-8(6-11-14(19)17-15(20)24-11)4-9(16)13(10)23-7-12(18)21-2/h4-6H,3,7H2,1-2H3,(H,17,19,20)/b11-6-. The van der Waals surface area contributed by atoms with E-state index in [0.29, 0.717) is 28.1 Å². The first-order valence-corrected chi connectivity index (χ1v) is 8.46. The predicted octanol–water partition coefficient (Wildman–Crippen LogP) is 2.72. The second-order valence-electron chi connectivity index (χ2n) is 4.48. The van der Waals surface area contributed by atoms with Crippen LogP contribution >= 0.6 is 27.7 Å². The molecule has 0 atom stereocenters. The number of imide groups is 1. The first-order chi connectivity index (χ1) is 11.4. The van der Waals surface area contributed by atoms with E-state index < -0.39 is 17.1 Å². The van der Waals surface area contributed by atoms with Gasteiger partial charge < -0.3 is 14.2 Å². The fourth-order valence-electron chi connectivity index (χ4n) is 1.84. The highest BCUT2D eigenvalue weighted by Gasteiger charge is 2.25. The molecule has 7 nitrogen and oxygen atoms in total. The Hall–Kier alpha value is -2.00. The van der Waals surface area contributed by atoms with Crippen LogP contribution in [0.2, 0.25) is 0 Å². The van der Waals surface area contributed by atoms with Gasteiger partial charge in [0.05, 0.1) is 23.1 Å². The smallest absolute Gasteiger partial charge is 0.343 e. The Bertz CT molecular complexity index is 718. The summed E-state index contributed by atoms with van der Waals surface area (Å²) in [7, 11) is 1.27. The minimum absolute atomic E-state index is 0.262. The third-order valence-electron chi connectivity index (χ3n) is 2.83. The number of benzene rings is 1. The van der Waals surface area contributed by atoms with E-state index in [9.17, 15) is 14.4 Å². The van der Waals surface area contributed by atoms with Gasteiger partial charge in [-0.3, -0.25) is 14.9 Å². The Morgan fingerprint density at radius 3 is 2.67 bits per heavy atom. The molecule has 128 valence electrons. The average Bonchev–Trinajstić information content (AvgIpc) is 2.84. The largest absolute Gasteiger partial charge is 0.490 e. The van der Waals surface area contributed by atoms with E-state index in [1.54, 1.807) is 18.2 Å². The third kappa shape index (κ3) is 4.51. The van der Waals surface area contributed by atoms with Crippen LogP contribution in [0.3, 0.4) is 0 Å². The van der Waals surface area contributed by atoms with Crippen molar-refractivity contribution in [2.45, 2.75) is 6.92 Å². The Kier molecular flexibility index (Phi) is 6.27. The first kappa shape index (κ1) is 18.3. The maximum Gasteiger partial charge on any atom is 0.343 e. The van der Waals surface area contributed by atoms with Gasteiger partial charge in [-0.1, -0.05) is 0 Å². The number of halogens is 1. The predicted molar refractivity (Wildman–Crippen MR) is 91.9 cm³/mol. The number of amides is 2. The average molecular weight is 416 g/mol. The first-order valence-electron chi connectivity index (χ1n) is 6.85. The molecule has 1 aromatic rings. The molecule has 0 saturated carbocycles. The maximum atomic E-state index is 11.6. The summed E-state index contributed by atoms with van der Waals surface area (Å²) in [6, 6.07) is 3.35. The molecule has 0 aromatic heterocycles. The molecule has 1 heterocycles. The molecule has 2 amide bonds. The summed E-state index contributed by atoms with van der Waals surface area (Å²) in [5.41, 5.74) is 0.642. The van der Waals surface area contributed by atoms with Crippen LogP contribution in [0.15, 0.2) is 21.5 Å². The molecule has 1 aliphatic heterocycles. The van der Waals surface area contributed by atoms with Gasteiger partial charge in [0.15, 0.2) is 18.1 Å². The summed E-state index contributed by atoms with van der Waals surface area (Å²) in [6.45, 7) is 1.93. The molecule has 9 heteroatoms. The number of rotatable bonds is 6. The molecule has 0 spiro atoms. The van der Waals surface area contributed by atoms with Crippen molar-refractivity contribution < 1.29 is 28.6 Å². The quantitative estimate of drug-likeness (QED) is 0.563. The van der Waals surface area contributed by atoms with Crippen molar-refractivity contribution in [3.05, 3.63) is 27.1 Å². The molecule has 1 aromatic carbocycles. The minimum atomic E-state index is -0.520. The molecule has 0 radical (unpaired) electrons. The van der Waals surface area contributed by atoms with Crippen molar-refractivity contribution in [2.75, 3.05) is 20.3 Å². The molecule has 0 bridgehead atoms. The van der Waals surface area contributed by atoms with Crippen molar-refractivity contribution in [3.8, 4) is 11.5 Å². The van der Waals surface area contributed by atoms with E-state index in [2.05, 4.69) is 26.0 Å². The fourth-order valence-corrected chi connectivity index (χ4v) is 3.09. The summed E-state index contributed by atoms with van der Waals surface area (Å²) in [6.07, 6.45) is 1.57. The number of nitrogens with one attached hydrogen (secondary N) is 1. The third-order valence-corrected chi connectivity index (χ3v) is 4.23. The number of esters is 1. The Morgan fingerprint density at radius 1 is 1.33 bits per heavy atom. The van der Waals surface area contributed by atoms with Crippen LogP contribution in [0.5, 0.6) is 11.5 Å². The number of thioether (sulfide) groups is 1. The molecule has 24 heavy (non-hydrogen) atoms. The number of carbonyl (C=O) groups is 3. The SMILES string of the molecule is CCOc1cc(/C=C2\SC(=O)NC2=O)cc(Br)c1OCC(=O)OC. The Balaban J connectivity index is 2.32. The molecule has 1 N–H and O–H groups in total. The molecule has 0 aliphatic carbocycles. The number of hydrogen-bond acceptors (Lipinski definition) is 7. The molecular formula is C15H14BrNO6S. The van der Waals surface area contributed by atoms with Gasteiger partial charge in [-0.15, -0.1) is 0 Å². The number of hydrogen-bond donors (Lipinski definition) is 1. The lowest BCUT2D eigenvalue weighted by Crippen LogP contribution is -2.17. The van der Waals surface area contributed by atoms with Crippen molar-refractivity contribution in [1.29, 1.82) is 0 Å². The van der Waals surface area contributed by atoms with Gasteiger partial charge >= 0.3 is 5.97 Å². The monoisotopic (exact) mass is 415 g/mol. The van der Waals surface area contributed by atoms with Crippen molar-refractivity contribution in [1.82, 2.24) is 5.32 Å². The van der Waals surface area contributed by atoms with Crippen LogP contribution in [0.25, 0.3) is 6.08 Å². The van der Waals surface area contributed by atoms with Gasteiger partial charge in [0.25, 0.3) is 11.1 Å². The topological polar surface area (TPSA) is 90.9 Å². The maximum absolute atomic E-state index is 11.6. The summed E-state index contributed by atoms with van der Waals surface area (Å²) in [5.74, 6) is -0.209. The van der Waals surface area contributed by atoms with Gasteiger partial charge in [-0.05, 0) is 58.4 Å². The Labute approximate surface area is 150 Å². The second kappa shape index (κ2) is 8.20. The van der Waals surface area contributed by atoms with E-state index in [-0.39, 0.29) is 11.5 Å². The summed E-state index contributed by atoms with van der Waals surface area (Å²) in [4.78, 5) is 34.4. The van der Waals surface area contributed by atoms with E-state index in [4.69, 9.17) is 9.47 Å². The van der Waals surface area contributed by atoms with Crippen LogP contribution < -0.4 is 14.8 Å². The van der Waals surface area contributed by atoms with Crippen LogP contribution in [-0.4, -0.2) is 37.4 Å². The van der Waals surface area contributed by atoms with E-state index in [1.165, 1.54) is 7.11 Å². The molecule has 1 aliphatic rings. The highest BCUT2D eigenvalue weighted by Crippen LogP contribution is 2.38. The minimum Gasteiger partial charge on any atom is -0.490 e. The van der Waals surface area contributed by atoms with Crippen molar-refractivity contribution in [3.63, 3.8) is 0 Å². The summed E-state index contributed by atoms with van der Waals surface area (Å²) < 4.78 is 16.0. The van der Waals surface area contributed by atoms with Crippen LogP contribution in [0.1, 0.15) is 12.5 Å². The lowest BCUT2D eigenvalue weighted by atomic mass is 10.2. The number of carbonyl (C=O) groups excluding carboxylic acids is 3. The highest BCUT2D eigenvalue weighted by atomic mass is 79.9. The van der Waals surface area contributed by atoms with E-state index >= 15 is 0 Å². The van der Waals surface area contributed by atoms with Crippen LogP contribution in [-0.2, 0) is 14.3 Å². The van der Waals surface area contributed by atoms with Crippen molar-refractivity contribution >= 4 is 50.9 Å². The molecular weight excluding hydrogens is 402 g/mol. The lowest BCUT2D eigenvalue weighted by molar-refractivity contribution is -0.143. The second-order valence-corrected chi connectivity index (χ2v) is 6.35. The summed E-state index contributed by atoms with van der Waals surface area (Å²) in [5, 5.41) is 1.78. The normalized spacial score (nSPS) is 15.4. The van der Waals surface area contributed by atoms with Gasteiger partial charge in [-0.25, -0.2) is 4.79 Å². The van der Waals surface area contributed by atoms with E-state index in [1.807, 2.05) is 6.92 Å². The van der Waals surface area contributed by atoms with Crippen molar-refractivity contribution in [2.24, 2.45) is 0 Å². The zero-order valence-corrected chi connectivity index (χ0v) is 15.3. The van der Waals surface area contributed by atoms with Crippen LogP contribution in [0.4, 0.5) is 4.79 Å². The zero-order chi connectivity index (χ0) is 17.7. The summed E-state index contributed by atoms with van der Waals surface area (Å²) >= 11 is 4.18. The highest BCUT2D eigenvalue weighted by molar-refractivity contribution is 9.10. The Morgan fingerprint density at radius 2 is 2.08 bits per heavy atom.